The topological polar surface area (TPSA) is 237 Å². The fraction of sp³-hybridized carbons (Fsp3) is 0.679. The number of phosphoric acid groups is 2. The van der Waals surface area contributed by atoms with Crippen molar-refractivity contribution in [3.63, 3.8) is 0 Å². The summed E-state index contributed by atoms with van der Waals surface area (Å²) in [5, 5.41) is 10.6. The van der Waals surface area contributed by atoms with Gasteiger partial charge in [0.25, 0.3) is 0 Å². The van der Waals surface area contributed by atoms with Crippen molar-refractivity contribution in [3.05, 3.63) is 134 Å². The van der Waals surface area contributed by atoms with Crippen LogP contribution in [0, 0.1) is 0 Å². The number of carbonyl (C=O) groups excluding carboxylic acids is 4. The molecule has 5 atom stereocenters. The van der Waals surface area contributed by atoms with Crippen molar-refractivity contribution in [2.75, 3.05) is 39.6 Å². The summed E-state index contributed by atoms with van der Waals surface area (Å²) in [6.07, 6.45) is 80.3. The summed E-state index contributed by atoms with van der Waals surface area (Å²) in [5.74, 6) is -2.31. The van der Waals surface area contributed by atoms with Crippen molar-refractivity contribution in [2.45, 2.75) is 316 Å². The molecule has 0 aromatic heterocycles. The Bertz CT molecular complexity index is 2420. The van der Waals surface area contributed by atoms with Crippen molar-refractivity contribution >= 4 is 39.5 Å². The van der Waals surface area contributed by atoms with Crippen LogP contribution >= 0.6 is 15.6 Å². The van der Waals surface area contributed by atoms with Gasteiger partial charge in [-0.1, -0.05) is 277 Å². The molecule has 0 saturated carbocycles. The van der Waals surface area contributed by atoms with E-state index in [1.54, 1.807) is 0 Å². The average molecular weight is 1440 g/mol. The molecule has 0 aliphatic heterocycles. The number of ether oxygens (including phenoxy) is 4. The zero-order valence-electron chi connectivity index (χ0n) is 62.3. The minimum atomic E-state index is -4.99. The lowest BCUT2D eigenvalue weighted by Crippen LogP contribution is -2.30. The molecule has 17 nitrogen and oxygen atoms in total. The van der Waals surface area contributed by atoms with E-state index in [4.69, 9.17) is 37.0 Å². The number of allylic oxidation sites excluding steroid dienone is 22. The normalized spacial score (nSPS) is 14.7. The Labute approximate surface area is 605 Å². The third kappa shape index (κ3) is 71.6. The highest BCUT2D eigenvalue weighted by atomic mass is 31.2. The molecule has 0 fully saturated rings. The van der Waals surface area contributed by atoms with E-state index >= 15 is 0 Å². The van der Waals surface area contributed by atoms with E-state index in [9.17, 15) is 43.2 Å². The predicted molar refractivity (Wildman–Crippen MR) is 408 cm³/mol. The van der Waals surface area contributed by atoms with Crippen LogP contribution in [0.25, 0.3) is 0 Å². The van der Waals surface area contributed by atoms with Gasteiger partial charge in [-0.05, 0) is 128 Å². The monoisotopic (exact) mass is 1440 g/mol. The van der Waals surface area contributed by atoms with Gasteiger partial charge in [0.05, 0.1) is 26.4 Å². The third-order valence-corrected chi connectivity index (χ3v) is 17.5. The van der Waals surface area contributed by atoms with E-state index in [0.29, 0.717) is 32.1 Å². The van der Waals surface area contributed by atoms with E-state index in [-0.39, 0.29) is 25.7 Å². The first-order chi connectivity index (χ1) is 48.7. The minimum absolute atomic E-state index is 0.0347. The fourth-order valence-electron chi connectivity index (χ4n) is 9.82. The van der Waals surface area contributed by atoms with Gasteiger partial charge in [0.1, 0.15) is 19.3 Å². The van der Waals surface area contributed by atoms with E-state index in [2.05, 4.69) is 143 Å². The van der Waals surface area contributed by atoms with Gasteiger partial charge in [-0.3, -0.25) is 37.3 Å². The highest BCUT2D eigenvalue weighted by Gasteiger charge is 2.30. The van der Waals surface area contributed by atoms with Gasteiger partial charge in [0, 0.05) is 25.7 Å². The number of carbonyl (C=O) groups is 4. The summed E-state index contributed by atoms with van der Waals surface area (Å²) in [6, 6.07) is 0. The first kappa shape index (κ1) is 95.2. The molecule has 0 aromatic carbocycles. The van der Waals surface area contributed by atoms with Gasteiger partial charge in [0.2, 0.25) is 0 Å². The highest BCUT2D eigenvalue weighted by molar-refractivity contribution is 7.47. The molecule has 0 radical (unpaired) electrons. The maximum Gasteiger partial charge on any atom is 0.472 e. The molecule has 0 aliphatic carbocycles. The Kier molecular flexibility index (Phi) is 69.1. The molecule has 0 rings (SSSR count). The zero-order chi connectivity index (χ0) is 73.2. The lowest BCUT2D eigenvalue weighted by Gasteiger charge is -2.21. The fourth-order valence-corrected chi connectivity index (χ4v) is 11.4. The Hall–Kier alpha value is -4.80. The lowest BCUT2D eigenvalue weighted by atomic mass is 10.1. The van der Waals surface area contributed by atoms with E-state index < -0.39 is 97.5 Å². The zero-order valence-corrected chi connectivity index (χ0v) is 64.1. The van der Waals surface area contributed by atoms with Gasteiger partial charge in [-0.25, -0.2) is 9.13 Å². The van der Waals surface area contributed by atoms with Gasteiger partial charge >= 0.3 is 39.5 Å². The smallest absolute Gasteiger partial charge is 0.462 e. The molecule has 0 aromatic rings. The summed E-state index contributed by atoms with van der Waals surface area (Å²) < 4.78 is 68.4. The number of esters is 4. The van der Waals surface area contributed by atoms with Crippen molar-refractivity contribution in [3.8, 4) is 0 Å². The number of aliphatic hydroxyl groups is 1. The number of phosphoric ester groups is 2. The molecule has 3 N–H and O–H groups in total. The van der Waals surface area contributed by atoms with Gasteiger partial charge < -0.3 is 33.8 Å². The molecule has 0 spiro atoms. The van der Waals surface area contributed by atoms with Crippen LogP contribution in [-0.2, 0) is 65.4 Å². The van der Waals surface area contributed by atoms with Crippen LogP contribution in [-0.4, -0.2) is 96.7 Å². The summed E-state index contributed by atoms with van der Waals surface area (Å²) in [7, 11) is -9.98. The molecule has 19 heteroatoms. The lowest BCUT2D eigenvalue weighted by molar-refractivity contribution is -0.161. The maximum atomic E-state index is 13.1. The second-order valence-corrected chi connectivity index (χ2v) is 28.1. The number of aliphatic hydroxyl groups excluding tert-OH is 1. The Morgan fingerprint density at radius 2 is 0.540 bits per heavy atom. The van der Waals surface area contributed by atoms with Gasteiger partial charge in [-0.15, -0.1) is 0 Å². The number of rotatable bonds is 71. The first-order valence-corrected chi connectivity index (χ1v) is 41.4. The van der Waals surface area contributed by atoms with Crippen LogP contribution in [0.15, 0.2) is 134 Å². The molecule has 100 heavy (non-hydrogen) atoms. The van der Waals surface area contributed by atoms with E-state index in [0.717, 1.165) is 154 Å². The quantitative estimate of drug-likeness (QED) is 0.0169. The summed E-state index contributed by atoms with van der Waals surface area (Å²) in [5.41, 5.74) is 0. The largest absolute Gasteiger partial charge is 0.472 e. The minimum Gasteiger partial charge on any atom is -0.462 e. The van der Waals surface area contributed by atoms with E-state index in [1.165, 1.54) is 57.8 Å². The van der Waals surface area contributed by atoms with Crippen LogP contribution < -0.4 is 0 Å². The molecule has 0 bridgehead atoms. The highest BCUT2D eigenvalue weighted by Crippen LogP contribution is 2.45. The van der Waals surface area contributed by atoms with Crippen LogP contribution in [0.3, 0.4) is 0 Å². The summed E-state index contributed by atoms with van der Waals surface area (Å²) in [6.45, 7) is 4.49. The average Bonchev–Trinajstić information content (AvgIpc) is 0.953. The van der Waals surface area contributed by atoms with Crippen LogP contribution in [0.1, 0.15) is 297 Å². The second-order valence-electron chi connectivity index (χ2n) is 25.2. The van der Waals surface area contributed by atoms with Crippen LogP contribution in [0.4, 0.5) is 0 Å². The van der Waals surface area contributed by atoms with Gasteiger partial charge in [-0.2, -0.15) is 0 Å². The Morgan fingerprint density at radius 3 is 0.880 bits per heavy atom. The van der Waals surface area contributed by atoms with Crippen molar-refractivity contribution in [2.24, 2.45) is 0 Å². The predicted octanol–water partition coefficient (Wildman–Crippen LogP) is 22.1. The molecule has 0 aliphatic rings. The third-order valence-electron chi connectivity index (χ3n) is 15.6. The van der Waals surface area contributed by atoms with Crippen molar-refractivity contribution in [1.29, 1.82) is 0 Å². The number of unbranched alkanes of at least 4 members (excludes halogenated alkanes) is 23. The molecule has 572 valence electrons. The number of hydrogen-bond donors (Lipinski definition) is 3. The molecule has 0 amide bonds. The maximum absolute atomic E-state index is 13.1. The van der Waals surface area contributed by atoms with Crippen LogP contribution in [0.5, 0.6) is 0 Å². The summed E-state index contributed by atoms with van der Waals surface area (Å²) in [4.78, 5) is 72.8. The SMILES string of the molecule is CC/C=C\C/C=C\C/C=C\C/C=C\C/C=C\C/C=C\CCC(=O)OCC(COP(=O)(O)OCC(O)COP(=O)(O)OCC(COC(=O)CCCCCCC/C=C\C/C=C\C/C=C\CC)OC(=O)CCCCCCC/C=C\C/C=C\CCCCC)OC(=O)CCCCCCCCCCCCC. The molecule has 0 heterocycles. The van der Waals surface area contributed by atoms with Crippen LogP contribution in [0.2, 0.25) is 0 Å². The Morgan fingerprint density at radius 1 is 0.290 bits per heavy atom. The van der Waals surface area contributed by atoms with Crippen molar-refractivity contribution < 1.29 is 80.2 Å². The second kappa shape index (κ2) is 72.5. The van der Waals surface area contributed by atoms with Crippen molar-refractivity contribution in [1.82, 2.24) is 0 Å². The molecule has 0 saturated heterocycles. The molecular weight excluding hydrogens is 1310 g/mol. The standard InChI is InChI=1S/C81H136O17P2/c1-5-9-13-17-21-25-29-32-35-36-37-38-41-43-47-50-54-58-62-66-79(84)91-71-76(97-80(85)67-63-59-55-51-45-28-24-20-16-12-8-4)73-95-99(87,88)93-69-75(82)70-94-100(89,90)96-74-77(98-81(86)68-64-60-56-52-48-44-40-34-31-27-23-19-15-11-7-3)72-92-78(83)65-61-57-53-49-46-42-39-33-30-26-22-18-14-10-6-2/h9-10,13-14,21-23,25-27,32-35,37-40,43,47,54,58,75-77,82H,5-8,11-12,15-20,24,28-31,36,41-42,44-46,48-53,55-57,59-74H2,1-4H3,(H,87,88)(H,89,90)/b13-9-,14-10-,25-21-,26-22-,27-23-,35-32-,38-37-,39-33-,40-34-,47-43-,58-54-. The van der Waals surface area contributed by atoms with Gasteiger partial charge in [0.15, 0.2) is 12.2 Å². The summed E-state index contributed by atoms with van der Waals surface area (Å²) >= 11 is 0. The van der Waals surface area contributed by atoms with E-state index in [1.807, 2.05) is 18.2 Å². The number of hydrogen-bond acceptors (Lipinski definition) is 15. The Balaban J connectivity index is 5.41. The molecular formula is C81H136O17P2. The first-order valence-electron chi connectivity index (χ1n) is 38.4. The molecule has 5 unspecified atom stereocenters.